The molecule has 0 unspecified atom stereocenters. The lowest BCUT2D eigenvalue weighted by Crippen LogP contribution is -2.49. The predicted octanol–water partition coefficient (Wildman–Crippen LogP) is 1.86. The van der Waals surface area contributed by atoms with Gasteiger partial charge in [-0.25, -0.2) is 0 Å². The summed E-state index contributed by atoms with van der Waals surface area (Å²) in [5.41, 5.74) is 0.751. The molecule has 0 bridgehead atoms. The molecule has 1 aliphatic heterocycles. The van der Waals surface area contributed by atoms with Gasteiger partial charge < -0.3 is 9.64 Å². The van der Waals surface area contributed by atoms with E-state index in [1.807, 2.05) is 29.2 Å². The van der Waals surface area contributed by atoms with Gasteiger partial charge in [0.05, 0.1) is 7.11 Å². The Morgan fingerprint density at radius 1 is 1.15 bits per heavy atom. The third-order valence-corrected chi connectivity index (χ3v) is 4.21. The second-order valence-electron chi connectivity index (χ2n) is 5.76. The van der Waals surface area contributed by atoms with Crippen LogP contribution in [0.15, 0.2) is 24.3 Å². The maximum absolute atomic E-state index is 12.4. The van der Waals surface area contributed by atoms with Crippen molar-refractivity contribution in [3.05, 3.63) is 29.8 Å². The summed E-state index contributed by atoms with van der Waals surface area (Å²) in [7, 11) is 1.63. The molecule has 1 amide bonds. The van der Waals surface area contributed by atoms with Crippen LogP contribution in [0.4, 0.5) is 0 Å². The summed E-state index contributed by atoms with van der Waals surface area (Å²) < 4.78 is 5.12. The predicted molar refractivity (Wildman–Crippen MR) is 78.1 cm³/mol. The first-order chi connectivity index (χ1) is 9.76. The number of ether oxygens (including phenoxy) is 1. The van der Waals surface area contributed by atoms with Gasteiger partial charge in [-0.3, -0.25) is 9.69 Å². The van der Waals surface area contributed by atoms with Crippen LogP contribution in [0.5, 0.6) is 5.75 Å². The van der Waals surface area contributed by atoms with Crippen LogP contribution < -0.4 is 4.74 Å². The average molecular weight is 274 g/mol. The van der Waals surface area contributed by atoms with Crippen LogP contribution in [-0.2, 0) is 0 Å². The molecule has 1 saturated carbocycles. The molecule has 0 spiro atoms. The molecule has 1 aliphatic carbocycles. The molecule has 0 radical (unpaired) electrons. The molecule has 1 saturated heterocycles. The molecule has 108 valence electrons. The lowest BCUT2D eigenvalue weighted by Gasteiger charge is -2.34. The van der Waals surface area contributed by atoms with Crippen molar-refractivity contribution in [1.82, 2.24) is 9.80 Å². The minimum absolute atomic E-state index is 0.138. The molecule has 2 aliphatic rings. The Morgan fingerprint density at radius 2 is 1.80 bits per heavy atom. The van der Waals surface area contributed by atoms with Gasteiger partial charge in [-0.05, 0) is 43.0 Å². The Labute approximate surface area is 120 Å². The Balaban J connectivity index is 1.54. The minimum atomic E-state index is 0.138. The van der Waals surface area contributed by atoms with E-state index in [1.54, 1.807) is 7.11 Å². The molecule has 4 nitrogen and oxygen atoms in total. The maximum atomic E-state index is 12.4. The Kier molecular flexibility index (Phi) is 3.92. The largest absolute Gasteiger partial charge is 0.497 e. The summed E-state index contributed by atoms with van der Waals surface area (Å²) in [6.07, 6.45) is 2.79. The summed E-state index contributed by atoms with van der Waals surface area (Å²) >= 11 is 0. The number of carbonyl (C=O) groups excluding carboxylic acids is 1. The van der Waals surface area contributed by atoms with Crippen molar-refractivity contribution in [3.63, 3.8) is 0 Å². The fourth-order valence-electron chi connectivity index (χ4n) is 2.72. The van der Waals surface area contributed by atoms with Crippen LogP contribution in [0.3, 0.4) is 0 Å². The molecule has 1 aromatic rings. The smallest absolute Gasteiger partial charge is 0.253 e. The van der Waals surface area contributed by atoms with E-state index in [0.29, 0.717) is 0 Å². The van der Waals surface area contributed by atoms with Gasteiger partial charge in [0.1, 0.15) is 5.75 Å². The molecule has 4 heteroatoms. The van der Waals surface area contributed by atoms with Crippen LogP contribution in [0.2, 0.25) is 0 Å². The normalized spacial score (nSPS) is 19.9. The molecular weight excluding hydrogens is 252 g/mol. The highest BCUT2D eigenvalue weighted by atomic mass is 16.5. The fraction of sp³-hybridized carbons (Fsp3) is 0.562. The van der Waals surface area contributed by atoms with Gasteiger partial charge >= 0.3 is 0 Å². The summed E-state index contributed by atoms with van der Waals surface area (Å²) in [5, 5.41) is 0. The minimum Gasteiger partial charge on any atom is -0.497 e. The lowest BCUT2D eigenvalue weighted by molar-refractivity contribution is 0.0632. The van der Waals surface area contributed by atoms with E-state index in [-0.39, 0.29) is 5.91 Å². The van der Waals surface area contributed by atoms with Gasteiger partial charge in [-0.15, -0.1) is 0 Å². The number of amides is 1. The highest BCUT2D eigenvalue weighted by Crippen LogP contribution is 2.30. The molecule has 20 heavy (non-hydrogen) atoms. The van der Waals surface area contributed by atoms with Crippen molar-refractivity contribution >= 4 is 5.91 Å². The van der Waals surface area contributed by atoms with Gasteiger partial charge in [-0.2, -0.15) is 0 Å². The Morgan fingerprint density at radius 3 is 2.35 bits per heavy atom. The van der Waals surface area contributed by atoms with Crippen molar-refractivity contribution in [2.75, 3.05) is 39.8 Å². The molecule has 0 atom stereocenters. The fourth-order valence-corrected chi connectivity index (χ4v) is 2.72. The molecule has 0 aromatic heterocycles. The molecule has 2 fully saturated rings. The molecular formula is C16H22N2O2. The van der Waals surface area contributed by atoms with Crippen molar-refractivity contribution < 1.29 is 9.53 Å². The van der Waals surface area contributed by atoms with Crippen molar-refractivity contribution in [2.45, 2.75) is 12.8 Å². The number of nitrogens with zero attached hydrogens (tertiary/aromatic N) is 2. The van der Waals surface area contributed by atoms with Crippen LogP contribution in [0.1, 0.15) is 23.2 Å². The monoisotopic (exact) mass is 274 g/mol. The average Bonchev–Trinajstić information content (AvgIpc) is 3.31. The SMILES string of the molecule is COc1ccc(C(=O)N2CCN(CC3CC3)CC2)cc1. The topological polar surface area (TPSA) is 32.8 Å². The van der Waals surface area contributed by atoms with Crippen molar-refractivity contribution in [2.24, 2.45) is 5.92 Å². The van der Waals surface area contributed by atoms with Crippen LogP contribution >= 0.6 is 0 Å². The van der Waals surface area contributed by atoms with Crippen LogP contribution in [0, 0.1) is 5.92 Å². The zero-order valence-electron chi connectivity index (χ0n) is 12.0. The van der Waals surface area contributed by atoms with Crippen LogP contribution in [0.25, 0.3) is 0 Å². The number of rotatable bonds is 4. The van der Waals surface area contributed by atoms with E-state index < -0.39 is 0 Å². The first-order valence-corrected chi connectivity index (χ1v) is 7.42. The number of carbonyl (C=O) groups is 1. The van der Waals surface area contributed by atoms with E-state index in [0.717, 1.165) is 43.4 Å². The van der Waals surface area contributed by atoms with Gasteiger partial charge in [0.2, 0.25) is 0 Å². The summed E-state index contributed by atoms with van der Waals surface area (Å²) in [5.74, 6) is 1.85. The van der Waals surface area contributed by atoms with E-state index in [2.05, 4.69) is 4.90 Å². The Bertz CT molecular complexity index is 460. The number of hydrogen-bond donors (Lipinski definition) is 0. The third kappa shape index (κ3) is 3.12. The zero-order chi connectivity index (χ0) is 13.9. The second-order valence-corrected chi connectivity index (χ2v) is 5.76. The zero-order valence-corrected chi connectivity index (χ0v) is 12.0. The number of piperazine rings is 1. The highest BCUT2D eigenvalue weighted by molar-refractivity contribution is 5.94. The summed E-state index contributed by atoms with van der Waals surface area (Å²) in [4.78, 5) is 16.9. The quantitative estimate of drug-likeness (QED) is 0.840. The van der Waals surface area contributed by atoms with Gasteiger partial charge in [0, 0.05) is 38.3 Å². The van der Waals surface area contributed by atoms with Gasteiger partial charge in [0.15, 0.2) is 0 Å². The number of benzene rings is 1. The van der Waals surface area contributed by atoms with Gasteiger partial charge in [-0.1, -0.05) is 0 Å². The highest BCUT2D eigenvalue weighted by Gasteiger charge is 2.27. The lowest BCUT2D eigenvalue weighted by atomic mass is 10.1. The van der Waals surface area contributed by atoms with E-state index >= 15 is 0 Å². The molecule has 1 heterocycles. The summed E-state index contributed by atoms with van der Waals surface area (Å²) in [6, 6.07) is 7.38. The van der Waals surface area contributed by atoms with E-state index in [4.69, 9.17) is 4.74 Å². The molecule has 1 aromatic carbocycles. The first-order valence-electron chi connectivity index (χ1n) is 7.42. The molecule has 3 rings (SSSR count). The number of methoxy groups -OCH3 is 1. The number of hydrogen-bond acceptors (Lipinski definition) is 3. The van der Waals surface area contributed by atoms with Crippen molar-refractivity contribution in [1.29, 1.82) is 0 Å². The first kappa shape index (κ1) is 13.4. The third-order valence-electron chi connectivity index (χ3n) is 4.21. The standard InChI is InChI=1S/C16H22N2O2/c1-20-15-6-4-14(5-7-15)16(19)18-10-8-17(9-11-18)12-13-2-3-13/h4-7,13H,2-3,8-12H2,1H3. The Hall–Kier alpha value is -1.55. The van der Waals surface area contributed by atoms with Crippen LogP contribution in [-0.4, -0.2) is 55.5 Å². The maximum Gasteiger partial charge on any atom is 0.253 e. The summed E-state index contributed by atoms with van der Waals surface area (Å²) in [6.45, 7) is 4.94. The van der Waals surface area contributed by atoms with E-state index in [9.17, 15) is 4.79 Å². The van der Waals surface area contributed by atoms with Gasteiger partial charge in [0.25, 0.3) is 5.91 Å². The second kappa shape index (κ2) is 5.83. The molecule has 0 N–H and O–H groups in total. The van der Waals surface area contributed by atoms with Crippen molar-refractivity contribution in [3.8, 4) is 5.75 Å². The van der Waals surface area contributed by atoms with E-state index in [1.165, 1.54) is 19.4 Å².